The minimum atomic E-state index is -0.848. The molecule has 0 saturated heterocycles. The number of carboxylic acids is 1. The Kier molecular flexibility index (Phi) is 6.10. The lowest BCUT2D eigenvalue weighted by atomic mass is 9.83. The molecule has 2 aromatic rings. The average molecular weight is 501 g/mol. The van der Waals surface area contributed by atoms with Gasteiger partial charge in [-0.25, -0.2) is 4.98 Å². The Morgan fingerprint density at radius 2 is 2.19 bits per heavy atom. The number of ether oxygens (including phenoxy) is 2. The number of rotatable bonds is 8. The van der Waals surface area contributed by atoms with Crippen LogP contribution in [-0.2, 0) is 28.8 Å². The third kappa shape index (κ3) is 4.56. The van der Waals surface area contributed by atoms with Gasteiger partial charge in [0.2, 0.25) is 0 Å². The van der Waals surface area contributed by atoms with Gasteiger partial charge >= 0.3 is 5.97 Å². The van der Waals surface area contributed by atoms with Crippen LogP contribution >= 0.6 is 0 Å². The minimum absolute atomic E-state index is 0.0322. The number of carbonyl (C=O) groups is 1. The van der Waals surface area contributed by atoms with Crippen molar-refractivity contribution >= 4 is 18.0 Å². The number of aliphatic carboxylic acids is 1. The third-order valence-corrected chi connectivity index (χ3v) is 7.79. The monoisotopic (exact) mass is 500 g/mol. The largest absolute Gasteiger partial charge is 0.494 e. The molecule has 192 valence electrons. The standard InChI is InChI=1S/C29H32N4O4/c1-29-11-8-24(36-14-10-23-6-4-19-3-2-12-30-28(19)32-23)16-22(29)18-31-33(29)25(17-27(34)35)20-5-7-26-21(15-20)9-13-37-26/h4-8,15-16,18,25H,2-3,9-14,17H2,1H3,(H,30,32)(H,34,35). The number of nitrogens with one attached hydrogen (secondary N) is 1. The van der Waals surface area contributed by atoms with Gasteiger partial charge in [-0.05, 0) is 73.2 Å². The second-order valence-corrected chi connectivity index (χ2v) is 10.3. The molecule has 6 rings (SSSR count). The topological polar surface area (TPSA) is 96.3 Å². The molecule has 4 aliphatic rings. The van der Waals surface area contributed by atoms with E-state index in [4.69, 9.17) is 19.6 Å². The highest BCUT2D eigenvalue weighted by Gasteiger charge is 2.44. The fourth-order valence-electron chi connectivity index (χ4n) is 5.67. The number of benzene rings is 1. The minimum Gasteiger partial charge on any atom is -0.494 e. The van der Waals surface area contributed by atoms with Crippen molar-refractivity contribution in [1.29, 1.82) is 0 Å². The summed E-state index contributed by atoms with van der Waals surface area (Å²) in [6.45, 7) is 4.31. The van der Waals surface area contributed by atoms with Crippen molar-refractivity contribution in [2.75, 3.05) is 25.1 Å². The molecule has 0 fully saturated rings. The lowest BCUT2D eigenvalue weighted by molar-refractivity contribution is -0.139. The van der Waals surface area contributed by atoms with Crippen LogP contribution in [0.3, 0.4) is 0 Å². The molecule has 37 heavy (non-hydrogen) atoms. The van der Waals surface area contributed by atoms with Crippen molar-refractivity contribution in [3.8, 4) is 5.75 Å². The van der Waals surface area contributed by atoms with Crippen LogP contribution in [0.4, 0.5) is 5.82 Å². The van der Waals surface area contributed by atoms with Crippen molar-refractivity contribution in [3.63, 3.8) is 0 Å². The summed E-state index contributed by atoms with van der Waals surface area (Å²) in [6.07, 6.45) is 10.4. The van der Waals surface area contributed by atoms with Gasteiger partial charge in [0.25, 0.3) is 0 Å². The number of aromatic nitrogens is 1. The molecule has 8 nitrogen and oxygen atoms in total. The third-order valence-electron chi connectivity index (χ3n) is 7.79. The summed E-state index contributed by atoms with van der Waals surface area (Å²) in [6, 6.07) is 9.88. The average Bonchev–Trinajstić information content (AvgIpc) is 3.50. The van der Waals surface area contributed by atoms with E-state index in [2.05, 4.69) is 36.5 Å². The Morgan fingerprint density at radius 1 is 1.27 bits per heavy atom. The Balaban J connectivity index is 1.14. The Bertz CT molecular complexity index is 1320. The smallest absolute Gasteiger partial charge is 0.305 e. The highest BCUT2D eigenvalue weighted by atomic mass is 16.5. The van der Waals surface area contributed by atoms with E-state index >= 15 is 0 Å². The maximum atomic E-state index is 11.8. The molecule has 1 aromatic heterocycles. The zero-order valence-corrected chi connectivity index (χ0v) is 21.1. The first-order valence-corrected chi connectivity index (χ1v) is 13.1. The normalized spacial score (nSPS) is 22.1. The SMILES string of the molecule is CC12CC=C(OCCc3ccc4c(n3)NCCC4)C=C1C=NN2C(CC(=O)O)c1ccc2c(c1)CCO2. The lowest BCUT2D eigenvalue weighted by Gasteiger charge is -2.41. The Hall–Kier alpha value is -3.81. The van der Waals surface area contributed by atoms with Crippen LogP contribution in [0, 0.1) is 0 Å². The first-order valence-electron chi connectivity index (χ1n) is 13.1. The van der Waals surface area contributed by atoms with Gasteiger partial charge < -0.3 is 19.9 Å². The molecule has 0 saturated carbocycles. The number of hydrogen-bond acceptors (Lipinski definition) is 7. The summed E-state index contributed by atoms with van der Waals surface area (Å²) in [4.78, 5) is 16.6. The van der Waals surface area contributed by atoms with Crippen LogP contribution in [0.1, 0.15) is 54.6 Å². The van der Waals surface area contributed by atoms with E-state index in [0.717, 1.165) is 71.9 Å². The second kappa shape index (κ2) is 9.57. The van der Waals surface area contributed by atoms with Gasteiger partial charge in [0.15, 0.2) is 0 Å². The van der Waals surface area contributed by atoms with Gasteiger partial charge in [-0.15, -0.1) is 0 Å². The summed E-state index contributed by atoms with van der Waals surface area (Å²) in [5.74, 6) is 1.87. The molecule has 0 bridgehead atoms. The fourth-order valence-corrected chi connectivity index (χ4v) is 5.67. The van der Waals surface area contributed by atoms with Crippen LogP contribution in [0.15, 0.2) is 58.9 Å². The highest BCUT2D eigenvalue weighted by Crippen LogP contribution is 2.44. The summed E-state index contributed by atoms with van der Waals surface area (Å²) in [5, 5.41) is 19.8. The van der Waals surface area contributed by atoms with Crippen LogP contribution in [0.5, 0.6) is 5.75 Å². The maximum absolute atomic E-state index is 11.8. The predicted molar refractivity (Wildman–Crippen MR) is 141 cm³/mol. The van der Waals surface area contributed by atoms with E-state index in [1.54, 1.807) is 0 Å². The first kappa shape index (κ1) is 23.6. The Labute approximate surface area is 216 Å². The number of allylic oxidation sites excluding steroid dienone is 1. The first-order chi connectivity index (χ1) is 18.0. The van der Waals surface area contributed by atoms with Crippen LogP contribution < -0.4 is 10.1 Å². The molecule has 8 heteroatoms. The summed E-state index contributed by atoms with van der Waals surface area (Å²) in [5.41, 5.74) is 4.97. The number of hydrazone groups is 1. The van der Waals surface area contributed by atoms with Gasteiger partial charge in [0.05, 0.1) is 37.4 Å². The summed E-state index contributed by atoms with van der Waals surface area (Å²) in [7, 11) is 0. The molecule has 3 aliphatic heterocycles. The van der Waals surface area contributed by atoms with E-state index in [0.29, 0.717) is 19.6 Å². The molecule has 0 radical (unpaired) electrons. The predicted octanol–water partition coefficient (Wildman–Crippen LogP) is 4.42. The van der Waals surface area contributed by atoms with Crippen molar-refractivity contribution < 1.29 is 19.4 Å². The number of anilines is 1. The highest BCUT2D eigenvalue weighted by molar-refractivity contribution is 5.85. The zero-order chi connectivity index (χ0) is 25.4. The molecule has 2 atom stereocenters. The number of hydrogen-bond donors (Lipinski definition) is 2. The second-order valence-electron chi connectivity index (χ2n) is 10.3. The molecule has 2 unspecified atom stereocenters. The zero-order valence-electron chi connectivity index (χ0n) is 21.1. The van der Waals surface area contributed by atoms with Gasteiger partial charge in [-0.1, -0.05) is 12.1 Å². The number of aryl methyl sites for hydroxylation is 1. The molecule has 1 aromatic carbocycles. The van der Waals surface area contributed by atoms with Crippen molar-refractivity contribution in [2.24, 2.45) is 5.10 Å². The van der Waals surface area contributed by atoms with Crippen LogP contribution in [0.25, 0.3) is 0 Å². The number of pyridine rings is 1. The van der Waals surface area contributed by atoms with Crippen LogP contribution in [0.2, 0.25) is 0 Å². The molecular weight excluding hydrogens is 468 g/mol. The van der Waals surface area contributed by atoms with Crippen molar-refractivity contribution in [2.45, 2.75) is 57.0 Å². The van der Waals surface area contributed by atoms with Crippen molar-refractivity contribution in [3.05, 3.63) is 76.2 Å². The van der Waals surface area contributed by atoms with E-state index < -0.39 is 11.5 Å². The fraction of sp³-hybridized carbons (Fsp3) is 0.414. The molecule has 0 spiro atoms. The molecule has 1 aliphatic carbocycles. The van der Waals surface area contributed by atoms with Gasteiger partial charge in [0, 0.05) is 30.7 Å². The van der Waals surface area contributed by atoms with E-state index in [9.17, 15) is 9.90 Å². The molecule has 4 heterocycles. The lowest BCUT2D eigenvalue weighted by Crippen LogP contribution is -2.44. The molecular formula is C29H32N4O4. The quantitative estimate of drug-likeness (QED) is 0.554. The van der Waals surface area contributed by atoms with Gasteiger partial charge in [0.1, 0.15) is 17.3 Å². The number of carboxylic acid groups (broad SMARTS) is 1. The van der Waals surface area contributed by atoms with Crippen LogP contribution in [-0.4, -0.2) is 52.6 Å². The van der Waals surface area contributed by atoms with E-state index in [1.165, 1.54) is 5.56 Å². The van der Waals surface area contributed by atoms with Gasteiger partial charge in [-0.3, -0.25) is 9.80 Å². The van der Waals surface area contributed by atoms with Gasteiger partial charge in [-0.2, -0.15) is 5.10 Å². The summed E-state index contributed by atoms with van der Waals surface area (Å²) >= 11 is 0. The molecule has 0 amide bonds. The van der Waals surface area contributed by atoms with Crippen molar-refractivity contribution in [1.82, 2.24) is 9.99 Å². The number of fused-ring (bicyclic) bond motifs is 3. The van der Waals surface area contributed by atoms with E-state index in [1.807, 2.05) is 29.4 Å². The molecule has 2 N–H and O–H groups in total. The maximum Gasteiger partial charge on any atom is 0.305 e. The van der Waals surface area contributed by atoms with E-state index in [-0.39, 0.29) is 12.5 Å². The Morgan fingerprint density at radius 3 is 3.08 bits per heavy atom. The summed E-state index contributed by atoms with van der Waals surface area (Å²) < 4.78 is 11.8. The number of nitrogens with zero attached hydrogens (tertiary/aromatic N) is 3.